The summed E-state index contributed by atoms with van der Waals surface area (Å²) in [4.78, 5) is 24.4. The van der Waals surface area contributed by atoms with E-state index in [4.69, 9.17) is 5.11 Å². The van der Waals surface area contributed by atoms with E-state index in [1.807, 2.05) is 18.7 Å². The largest absolute Gasteiger partial charge is 0.480 e. The lowest BCUT2D eigenvalue weighted by Gasteiger charge is -2.24. The second-order valence-corrected chi connectivity index (χ2v) is 4.53. The van der Waals surface area contributed by atoms with Crippen molar-refractivity contribution in [2.24, 2.45) is 0 Å². The van der Waals surface area contributed by atoms with Crippen molar-refractivity contribution in [1.82, 2.24) is 15.1 Å². The smallest absolute Gasteiger partial charge is 0.406 e. The number of carboxylic acid groups (broad SMARTS) is 1. The number of hydrogen-bond donors (Lipinski definition) is 2. The van der Waals surface area contributed by atoms with Crippen LogP contribution in [0.3, 0.4) is 0 Å². The molecule has 124 valence electrons. The molecule has 21 heavy (non-hydrogen) atoms. The van der Waals surface area contributed by atoms with Gasteiger partial charge in [-0.15, -0.1) is 0 Å². The molecule has 0 fully saturated rings. The molecule has 0 aromatic rings. The van der Waals surface area contributed by atoms with Gasteiger partial charge in [0.15, 0.2) is 0 Å². The summed E-state index contributed by atoms with van der Waals surface area (Å²) in [5, 5.41) is 10.9. The van der Waals surface area contributed by atoms with Gasteiger partial charge in [-0.1, -0.05) is 13.8 Å². The maximum atomic E-state index is 12.3. The van der Waals surface area contributed by atoms with E-state index in [9.17, 15) is 22.8 Å². The molecule has 0 saturated carbocycles. The van der Waals surface area contributed by atoms with Crippen LogP contribution in [0.5, 0.6) is 0 Å². The van der Waals surface area contributed by atoms with Crippen molar-refractivity contribution in [3.8, 4) is 0 Å². The monoisotopic (exact) mass is 313 g/mol. The molecule has 0 heterocycles. The van der Waals surface area contributed by atoms with E-state index in [0.717, 1.165) is 19.5 Å². The molecule has 0 radical (unpaired) electrons. The van der Waals surface area contributed by atoms with E-state index < -0.39 is 31.3 Å². The predicted octanol–water partition coefficient (Wildman–Crippen LogP) is 1.38. The van der Waals surface area contributed by atoms with Crippen LogP contribution in [0, 0.1) is 0 Å². The zero-order valence-corrected chi connectivity index (χ0v) is 12.2. The number of urea groups is 1. The fraction of sp³-hybridized carbons (Fsp3) is 0.833. The van der Waals surface area contributed by atoms with E-state index in [0.29, 0.717) is 6.54 Å². The molecule has 0 aromatic carbocycles. The summed E-state index contributed by atoms with van der Waals surface area (Å²) in [6.45, 7) is 3.63. The van der Waals surface area contributed by atoms with Crippen LogP contribution in [-0.2, 0) is 4.79 Å². The number of carboxylic acids is 1. The van der Waals surface area contributed by atoms with Gasteiger partial charge in [0.1, 0.15) is 13.1 Å². The first-order valence-electron chi connectivity index (χ1n) is 6.73. The van der Waals surface area contributed by atoms with Gasteiger partial charge in [0.05, 0.1) is 0 Å². The van der Waals surface area contributed by atoms with E-state index in [1.54, 1.807) is 0 Å². The van der Waals surface area contributed by atoms with Crippen molar-refractivity contribution in [2.75, 3.05) is 39.3 Å². The normalized spacial score (nSPS) is 11.5. The van der Waals surface area contributed by atoms with Crippen LogP contribution in [0.15, 0.2) is 0 Å². The van der Waals surface area contributed by atoms with Gasteiger partial charge < -0.3 is 20.2 Å². The quantitative estimate of drug-likeness (QED) is 0.674. The zero-order chi connectivity index (χ0) is 16.5. The van der Waals surface area contributed by atoms with Crippen molar-refractivity contribution >= 4 is 12.0 Å². The Morgan fingerprint density at radius 3 is 2.24 bits per heavy atom. The number of hydrogen-bond acceptors (Lipinski definition) is 3. The van der Waals surface area contributed by atoms with Gasteiger partial charge in [0.2, 0.25) is 0 Å². The molecule has 0 unspecified atom stereocenters. The average Bonchev–Trinajstić information content (AvgIpc) is 2.34. The zero-order valence-electron chi connectivity index (χ0n) is 12.2. The van der Waals surface area contributed by atoms with Crippen molar-refractivity contribution in [3.05, 3.63) is 0 Å². The maximum Gasteiger partial charge on any atom is 0.406 e. The summed E-state index contributed by atoms with van der Waals surface area (Å²) in [7, 11) is 0. The van der Waals surface area contributed by atoms with Crippen LogP contribution < -0.4 is 5.32 Å². The molecule has 0 aromatic heterocycles. The first-order valence-corrected chi connectivity index (χ1v) is 6.73. The van der Waals surface area contributed by atoms with E-state index >= 15 is 0 Å². The maximum absolute atomic E-state index is 12.3. The Labute approximate surface area is 121 Å². The molecule has 9 heteroatoms. The summed E-state index contributed by atoms with van der Waals surface area (Å²) < 4.78 is 36.9. The molecule has 0 atom stereocenters. The van der Waals surface area contributed by atoms with Gasteiger partial charge in [0.25, 0.3) is 0 Å². The van der Waals surface area contributed by atoms with Crippen molar-refractivity contribution in [2.45, 2.75) is 26.4 Å². The molecular formula is C12H22F3N3O3. The minimum absolute atomic E-state index is 0.167. The minimum atomic E-state index is -4.63. The Kier molecular flexibility index (Phi) is 8.75. The van der Waals surface area contributed by atoms with Crippen molar-refractivity contribution < 1.29 is 27.9 Å². The number of carbonyl (C=O) groups excluding carboxylic acids is 1. The summed E-state index contributed by atoms with van der Waals surface area (Å²) in [5.41, 5.74) is 0. The second-order valence-electron chi connectivity index (χ2n) is 4.53. The van der Waals surface area contributed by atoms with E-state index in [-0.39, 0.29) is 11.4 Å². The molecule has 0 saturated heterocycles. The Morgan fingerprint density at radius 2 is 1.81 bits per heavy atom. The van der Waals surface area contributed by atoms with Crippen LogP contribution in [0.25, 0.3) is 0 Å². The lowest BCUT2D eigenvalue weighted by atomic mass is 10.4. The van der Waals surface area contributed by atoms with Crippen molar-refractivity contribution in [1.29, 1.82) is 0 Å². The molecule has 0 aliphatic heterocycles. The highest BCUT2D eigenvalue weighted by Gasteiger charge is 2.33. The summed E-state index contributed by atoms with van der Waals surface area (Å²) in [5.74, 6) is -1.49. The molecule has 0 bridgehead atoms. The molecule has 0 rings (SSSR count). The number of rotatable bonds is 9. The third-order valence-electron chi connectivity index (χ3n) is 2.67. The van der Waals surface area contributed by atoms with Crippen LogP contribution in [0.4, 0.5) is 18.0 Å². The molecule has 6 nitrogen and oxygen atoms in total. The number of aliphatic carboxylic acids is 1. The van der Waals surface area contributed by atoms with E-state index in [2.05, 4.69) is 5.32 Å². The molecule has 2 N–H and O–H groups in total. The highest BCUT2D eigenvalue weighted by atomic mass is 19.4. The highest BCUT2D eigenvalue weighted by molar-refractivity contribution is 5.80. The molecular weight excluding hydrogens is 291 g/mol. The fourth-order valence-corrected chi connectivity index (χ4v) is 1.76. The molecule has 0 aliphatic carbocycles. The van der Waals surface area contributed by atoms with Crippen LogP contribution in [0.1, 0.15) is 20.3 Å². The Hall–Kier alpha value is -1.51. The first kappa shape index (κ1) is 19.5. The SMILES string of the molecule is CCCN(CC)CCNC(=O)N(CC(=O)O)CC(F)(F)F. The first-order chi connectivity index (χ1) is 9.69. The highest BCUT2D eigenvalue weighted by Crippen LogP contribution is 2.16. The molecule has 2 amide bonds. The standard InChI is InChI=1S/C12H22F3N3O3/c1-3-6-17(4-2)7-5-16-11(21)18(8-10(19)20)9-12(13,14)15/h3-9H2,1-2H3,(H,16,21)(H,19,20). The van der Waals surface area contributed by atoms with Gasteiger partial charge in [-0.3, -0.25) is 4.79 Å². The number of carbonyl (C=O) groups is 2. The van der Waals surface area contributed by atoms with Gasteiger partial charge in [0, 0.05) is 13.1 Å². The van der Waals surface area contributed by atoms with Gasteiger partial charge in [-0.25, -0.2) is 4.79 Å². The Morgan fingerprint density at radius 1 is 1.19 bits per heavy atom. The summed E-state index contributed by atoms with van der Waals surface area (Å²) >= 11 is 0. The predicted molar refractivity (Wildman–Crippen MR) is 71.1 cm³/mol. The third-order valence-corrected chi connectivity index (χ3v) is 2.67. The topological polar surface area (TPSA) is 72.9 Å². The average molecular weight is 313 g/mol. The van der Waals surface area contributed by atoms with Gasteiger partial charge in [-0.2, -0.15) is 13.2 Å². The number of likely N-dealkylation sites (N-methyl/N-ethyl adjacent to an activating group) is 1. The van der Waals surface area contributed by atoms with Crippen LogP contribution in [0.2, 0.25) is 0 Å². The van der Waals surface area contributed by atoms with E-state index in [1.165, 1.54) is 0 Å². The number of alkyl halides is 3. The summed E-state index contributed by atoms with van der Waals surface area (Å²) in [6.07, 6.45) is -3.70. The molecule has 0 spiro atoms. The number of nitrogens with zero attached hydrogens (tertiary/aromatic N) is 2. The van der Waals surface area contributed by atoms with Gasteiger partial charge in [-0.05, 0) is 19.5 Å². The summed E-state index contributed by atoms with van der Waals surface area (Å²) in [6, 6.07) is -1.03. The Balaban J connectivity index is 4.37. The van der Waals surface area contributed by atoms with Crippen LogP contribution in [-0.4, -0.2) is 72.4 Å². The number of amides is 2. The Bertz CT molecular complexity index is 337. The van der Waals surface area contributed by atoms with Gasteiger partial charge >= 0.3 is 18.2 Å². The second kappa shape index (κ2) is 9.43. The number of halogens is 3. The number of nitrogens with one attached hydrogen (secondary N) is 1. The lowest BCUT2D eigenvalue weighted by Crippen LogP contribution is -2.48. The molecule has 0 aliphatic rings. The lowest BCUT2D eigenvalue weighted by molar-refractivity contribution is -0.148. The third kappa shape index (κ3) is 9.94. The van der Waals surface area contributed by atoms with Crippen molar-refractivity contribution in [3.63, 3.8) is 0 Å². The van der Waals surface area contributed by atoms with Crippen LogP contribution >= 0.6 is 0 Å². The fourth-order valence-electron chi connectivity index (χ4n) is 1.76. The minimum Gasteiger partial charge on any atom is -0.480 e.